The van der Waals surface area contributed by atoms with Crippen molar-refractivity contribution in [1.29, 1.82) is 0 Å². The monoisotopic (exact) mass is 362 g/mol. The van der Waals surface area contributed by atoms with Crippen LogP contribution in [0.1, 0.15) is 22.8 Å². The molecule has 0 heterocycles. The highest BCUT2D eigenvalue weighted by Crippen LogP contribution is 2.27. The molecule has 2 N–H and O–H groups in total. The van der Waals surface area contributed by atoms with Crippen molar-refractivity contribution in [3.8, 4) is 11.1 Å². The highest BCUT2D eigenvalue weighted by Gasteiger charge is 2.13. The second kappa shape index (κ2) is 8.94. The average molecular weight is 362 g/mol. The van der Waals surface area contributed by atoms with Gasteiger partial charge in [-0.15, -0.1) is 0 Å². The van der Waals surface area contributed by atoms with E-state index in [1.165, 1.54) is 30.3 Å². The summed E-state index contributed by atoms with van der Waals surface area (Å²) >= 11 is 0. The number of ether oxygens (including phenoxy) is 1. The normalized spacial score (nSPS) is 10.3. The van der Waals surface area contributed by atoms with Crippen molar-refractivity contribution >= 4 is 12.0 Å². The second-order valence-corrected chi connectivity index (χ2v) is 5.58. The molecular weight excluding hydrogens is 342 g/mol. The van der Waals surface area contributed by atoms with Gasteiger partial charge in [0.2, 0.25) is 0 Å². The van der Waals surface area contributed by atoms with Gasteiger partial charge in [-0.2, -0.15) is 0 Å². The smallest absolute Gasteiger partial charge is 0.338 e. The van der Waals surface area contributed by atoms with E-state index in [0.29, 0.717) is 17.7 Å². The van der Waals surface area contributed by atoms with Crippen molar-refractivity contribution in [3.05, 3.63) is 59.2 Å². The Bertz CT molecular complexity index is 809. The highest BCUT2D eigenvalue weighted by molar-refractivity contribution is 5.90. The topological polar surface area (TPSA) is 67.4 Å². The third kappa shape index (κ3) is 5.02. The van der Waals surface area contributed by atoms with Crippen molar-refractivity contribution in [2.45, 2.75) is 13.8 Å². The summed E-state index contributed by atoms with van der Waals surface area (Å²) < 4.78 is 32.6. The zero-order valence-electron chi connectivity index (χ0n) is 14.6. The quantitative estimate of drug-likeness (QED) is 0.611. The Morgan fingerprint density at radius 3 is 2.42 bits per heavy atom. The van der Waals surface area contributed by atoms with Crippen LogP contribution < -0.4 is 10.6 Å². The number of aryl methyl sites for hydroxylation is 1. The van der Waals surface area contributed by atoms with Gasteiger partial charge in [-0.05, 0) is 49.2 Å². The average Bonchev–Trinajstić information content (AvgIpc) is 2.59. The van der Waals surface area contributed by atoms with Gasteiger partial charge in [0.05, 0.1) is 12.1 Å². The maximum absolute atomic E-state index is 14.4. The lowest BCUT2D eigenvalue weighted by molar-refractivity contribution is 0.0509. The molecule has 0 aliphatic rings. The van der Waals surface area contributed by atoms with E-state index in [0.717, 1.165) is 6.07 Å². The van der Waals surface area contributed by atoms with E-state index in [4.69, 9.17) is 4.74 Å². The second-order valence-electron chi connectivity index (χ2n) is 5.58. The van der Waals surface area contributed by atoms with Crippen LogP contribution in [0, 0.1) is 18.6 Å². The van der Waals surface area contributed by atoms with Gasteiger partial charge < -0.3 is 15.4 Å². The number of benzene rings is 2. The molecule has 2 rings (SSSR count). The van der Waals surface area contributed by atoms with E-state index >= 15 is 0 Å². The molecular formula is C19H20F2N2O3. The van der Waals surface area contributed by atoms with Crippen molar-refractivity contribution in [3.63, 3.8) is 0 Å². The lowest BCUT2D eigenvalue weighted by Crippen LogP contribution is -2.37. The molecule has 0 aromatic heterocycles. The number of urea groups is 1. The van der Waals surface area contributed by atoms with Crippen LogP contribution in [0.15, 0.2) is 36.4 Å². The molecule has 138 valence electrons. The molecule has 2 aromatic carbocycles. The van der Waals surface area contributed by atoms with Crippen LogP contribution >= 0.6 is 0 Å². The molecule has 0 saturated carbocycles. The first-order valence-corrected chi connectivity index (χ1v) is 8.17. The third-order valence-electron chi connectivity index (χ3n) is 3.64. The molecule has 5 nitrogen and oxygen atoms in total. The SMILES string of the molecule is CCNC(=O)NCCOC(=O)c1ccc(-c2ccc(F)cc2C)c(F)c1. The maximum Gasteiger partial charge on any atom is 0.338 e. The number of carbonyl (C=O) groups is 2. The van der Waals surface area contributed by atoms with E-state index in [9.17, 15) is 18.4 Å². The molecule has 0 unspecified atom stereocenters. The van der Waals surface area contributed by atoms with Gasteiger partial charge in [-0.3, -0.25) is 0 Å². The molecule has 0 fully saturated rings. The summed E-state index contributed by atoms with van der Waals surface area (Å²) in [5, 5.41) is 5.05. The maximum atomic E-state index is 14.4. The van der Waals surface area contributed by atoms with Crippen LogP contribution in [0.4, 0.5) is 13.6 Å². The summed E-state index contributed by atoms with van der Waals surface area (Å²) in [5.41, 5.74) is 1.48. The summed E-state index contributed by atoms with van der Waals surface area (Å²) in [7, 11) is 0. The molecule has 0 bridgehead atoms. The fourth-order valence-corrected chi connectivity index (χ4v) is 2.40. The van der Waals surface area contributed by atoms with Gasteiger partial charge in [0.25, 0.3) is 0 Å². The van der Waals surface area contributed by atoms with Gasteiger partial charge in [-0.1, -0.05) is 12.1 Å². The minimum atomic E-state index is -0.691. The van der Waals surface area contributed by atoms with Gasteiger partial charge in [0, 0.05) is 12.1 Å². The molecule has 0 aliphatic carbocycles. The van der Waals surface area contributed by atoms with Crippen molar-refractivity contribution in [2.75, 3.05) is 19.7 Å². The zero-order valence-corrected chi connectivity index (χ0v) is 14.6. The third-order valence-corrected chi connectivity index (χ3v) is 3.64. The summed E-state index contributed by atoms with van der Waals surface area (Å²) in [6.45, 7) is 4.07. The number of rotatable bonds is 6. The number of hydrogen-bond donors (Lipinski definition) is 2. The lowest BCUT2D eigenvalue weighted by Gasteiger charge is -2.10. The number of esters is 1. The standard InChI is InChI=1S/C19H20F2N2O3/c1-3-22-19(25)23-8-9-26-18(24)13-4-6-16(17(21)11-13)15-7-5-14(20)10-12(15)2/h4-7,10-11H,3,8-9H2,1-2H3,(H2,22,23,25). The molecule has 0 radical (unpaired) electrons. The van der Waals surface area contributed by atoms with Crippen molar-refractivity contribution in [1.82, 2.24) is 10.6 Å². The fourth-order valence-electron chi connectivity index (χ4n) is 2.40. The minimum Gasteiger partial charge on any atom is -0.460 e. The summed E-state index contributed by atoms with van der Waals surface area (Å²) in [4.78, 5) is 23.1. The molecule has 26 heavy (non-hydrogen) atoms. The Morgan fingerprint density at radius 2 is 1.77 bits per heavy atom. The molecule has 2 aromatic rings. The first-order valence-electron chi connectivity index (χ1n) is 8.17. The van der Waals surface area contributed by atoms with Crippen molar-refractivity contribution < 1.29 is 23.1 Å². The Morgan fingerprint density at radius 1 is 1.04 bits per heavy atom. The van der Waals surface area contributed by atoms with Gasteiger partial charge in [-0.25, -0.2) is 18.4 Å². The van der Waals surface area contributed by atoms with E-state index in [1.807, 2.05) is 0 Å². The Kier molecular flexibility index (Phi) is 6.66. The predicted octanol–water partition coefficient (Wildman–Crippen LogP) is 3.42. The summed E-state index contributed by atoms with van der Waals surface area (Å²) in [6.07, 6.45) is 0. The largest absolute Gasteiger partial charge is 0.460 e. The molecule has 0 aliphatic heterocycles. The molecule has 2 amide bonds. The van der Waals surface area contributed by atoms with Crippen LogP contribution in [0.3, 0.4) is 0 Å². The van der Waals surface area contributed by atoms with Gasteiger partial charge >= 0.3 is 12.0 Å². The molecule has 0 spiro atoms. The van der Waals surface area contributed by atoms with Crippen molar-refractivity contribution in [2.24, 2.45) is 0 Å². The summed E-state index contributed by atoms with van der Waals surface area (Å²) in [6, 6.07) is 7.70. The zero-order chi connectivity index (χ0) is 19.1. The van der Waals surface area contributed by atoms with E-state index in [1.54, 1.807) is 13.8 Å². The van der Waals surface area contributed by atoms with E-state index < -0.39 is 17.6 Å². The van der Waals surface area contributed by atoms with Crippen LogP contribution in [-0.4, -0.2) is 31.7 Å². The highest BCUT2D eigenvalue weighted by atomic mass is 19.1. The first kappa shape index (κ1) is 19.4. The number of halogens is 2. The number of nitrogens with one attached hydrogen (secondary N) is 2. The fraction of sp³-hybridized carbons (Fsp3) is 0.263. The van der Waals surface area contributed by atoms with Crippen LogP contribution in [0.25, 0.3) is 11.1 Å². The van der Waals surface area contributed by atoms with Crippen LogP contribution in [0.2, 0.25) is 0 Å². The molecule has 0 saturated heterocycles. The van der Waals surface area contributed by atoms with E-state index in [-0.39, 0.29) is 30.3 Å². The van der Waals surface area contributed by atoms with Crippen LogP contribution in [0.5, 0.6) is 0 Å². The van der Waals surface area contributed by atoms with Gasteiger partial charge in [0.1, 0.15) is 18.2 Å². The predicted molar refractivity (Wildman–Crippen MR) is 93.9 cm³/mol. The number of hydrogen-bond acceptors (Lipinski definition) is 3. The Balaban J connectivity index is 2.00. The van der Waals surface area contributed by atoms with Gasteiger partial charge in [0.15, 0.2) is 0 Å². The molecule has 7 heteroatoms. The summed E-state index contributed by atoms with van der Waals surface area (Å²) in [5.74, 6) is -1.69. The number of amides is 2. The first-order chi connectivity index (χ1) is 12.4. The Labute approximate surface area is 150 Å². The lowest BCUT2D eigenvalue weighted by atomic mass is 9.99. The Hall–Kier alpha value is -2.96. The minimum absolute atomic E-state index is 0.0313. The molecule has 0 atom stereocenters. The van der Waals surface area contributed by atoms with E-state index in [2.05, 4.69) is 10.6 Å². The number of carbonyl (C=O) groups excluding carboxylic acids is 2. The van der Waals surface area contributed by atoms with Crippen LogP contribution in [-0.2, 0) is 4.74 Å².